The number of hydrogen-bond donors (Lipinski definition) is 2. The first-order valence-corrected chi connectivity index (χ1v) is 10.1. The van der Waals surface area contributed by atoms with Gasteiger partial charge >= 0.3 is 0 Å². The third kappa shape index (κ3) is 5.71. The van der Waals surface area contributed by atoms with Gasteiger partial charge in [0.1, 0.15) is 5.76 Å². The molecule has 1 fully saturated rings. The largest absolute Gasteiger partial charge is 0.360 e. The number of amides is 2. The Morgan fingerprint density at radius 3 is 2.40 bits per heavy atom. The van der Waals surface area contributed by atoms with E-state index in [1.807, 2.05) is 0 Å². The van der Waals surface area contributed by atoms with E-state index < -0.39 is 27.3 Å². The molecule has 1 aromatic rings. The molecule has 2 N–H and O–H groups in total. The second kappa shape index (κ2) is 7.33. The zero-order valence-corrected chi connectivity index (χ0v) is 15.9. The van der Waals surface area contributed by atoms with Crippen LogP contribution in [0.4, 0.5) is 0 Å². The minimum Gasteiger partial charge on any atom is -0.360 e. The van der Waals surface area contributed by atoms with Gasteiger partial charge in [-0.2, -0.15) is 0 Å². The molecule has 0 aliphatic carbocycles. The van der Waals surface area contributed by atoms with Crippen LogP contribution in [0.5, 0.6) is 0 Å². The lowest BCUT2D eigenvalue weighted by molar-refractivity contribution is -0.129. The number of carbonyl (C=O) groups is 2. The molecule has 1 aromatic heterocycles. The molecule has 1 aliphatic rings. The lowest BCUT2D eigenvalue weighted by Gasteiger charge is -2.25. The van der Waals surface area contributed by atoms with E-state index in [2.05, 4.69) is 15.8 Å². The summed E-state index contributed by atoms with van der Waals surface area (Å²) >= 11 is 5.64. The van der Waals surface area contributed by atoms with Crippen LogP contribution in [0.3, 0.4) is 0 Å². The smallest absolute Gasteiger partial charge is 0.225 e. The van der Waals surface area contributed by atoms with E-state index in [1.165, 1.54) is 6.07 Å². The van der Waals surface area contributed by atoms with Crippen LogP contribution in [0.25, 0.3) is 0 Å². The summed E-state index contributed by atoms with van der Waals surface area (Å²) < 4.78 is 28.7. The average Bonchev–Trinajstić information content (AvgIpc) is 2.99. The van der Waals surface area contributed by atoms with Crippen molar-refractivity contribution < 1.29 is 22.5 Å². The Hall–Kier alpha value is -1.61. The maximum Gasteiger partial charge on any atom is 0.225 e. The first kappa shape index (κ1) is 19.7. The fourth-order valence-corrected chi connectivity index (χ4v) is 4.46. The SMILES string of the molecule is CC(C)(C)C(=O)N[C@@H]1CS(=O)(=O)C[C@@H]1NC(=O)CCc1cc(Cl)no1. The van der Waals surface area contributed by atoms with Crippen LogP contribution in [0, 0.1) is 5.41 Å². The summed E-state index contributed by atoms with van der Waals surface area (Å²) in [5.74, 6) is -0.494. The van der Waals surface area contributed by atoms with E-state index in [0.29, 0.717) is 12.2 Å². The monoisotopic (exact) mass is 391 g/mol. The van der Waals surface area contributed by atoms with E-state index in [4.69, 9.17) is 16.1 Å². The molecule has 10 heteroatoms. The van der Waals surface area contributed by atoms with Gasteiger partial charge in [0.25, 0.3) is 0 Å². The van der Waals surface area contributed by atoms with E-state index in [0.717, 1.165) is 0 Å². The van der Waals surface area contributed by atoms with E-state index >= 15 is 0 Å². The Kier molecular flexibility index (Phi) is 5.78. The summed E-state index contributed by atoms with van der Waals surface area (Å²) in [6.07, 6.45) is 0.395. The molecule has 0 spiro atoms. The minimum absolute atomic E-state index is 0.0992. The fraction of sp³-hybridized carbons (Fsp3) is 0.667. The summed E-state index contributed by atoms with van der Waals surface area (Å²) in [6, 6.07) is 0.226. The Labute approximate surface area is 151 Å². The topological polar surface area (TPSA) is 118 Å². The molecule has 2 atom stereocenters. The van der Waals surface area contributed by atoms with Crippen molar-refractivity contribution in [1.29, 1.82) is 0 Å². The summed E-state index contributed by atoms with van der Waals surface area (Å²) in [5, 5.41) is 9.15. The van der Waals surface area contributed by atoms with Crippen molar-refractivity contribution in [2.75, 3.05) is 11.5 Å². The molecule has 0 aromatic carbocycles. The van der Waals surface area contributed by atoms with Crippen LogP contribution in [0.15, 0.2) is 10.6 Å². The number of nitrogens with zero attached hydrogens (tertiary/aromatic N) is 1. The van der Waals surface area contributed by atoms with E-state index in [-0.39, 0.29) is 34.9 Å². The fourth-order valence-electron chi connectivity index (χ4n) is 2.44. The second-order valence-corrected chi connectivity index (χ2v) is 9.74. The summed E-state index contributed by atoms with van der Waals surface area (Å²) in [6.45, 7) is 5.21. The number of rotatable bonds is 5. The molecule has 25 heavy (non-hydrogen) atoms. The molecule has 0 bridgehead atoms. The van der Waals surface area contributed by atoms with Gasteiger partial charge in [-0.05, 0) is 0 Å². The molecule has 8 nitrogen and oxygen atoms in total. The Morgan fingerprint density at radius 1 is 1.28 bits per heavy atom. The van der Waals surface area contributed by atoms with Crippen molar-refractivity contribution in [3.8, 4) is 0 Å². The normalized spacial score (nSPS) is 22.6. The highest BCUT2D eigenvalue weighted by Gasteiger charge is 2.40. The Bertz CT molecular complexity index is 753. The van der Waals surface area contributed by atoms with Crippen molar-refractivity contribution >= 4 is 33.3 Å². The van der Waals surface area contributed by atoms with Gasteiger partial charge in [0.15, 0.2) is 15.0 Å². The van der Waals surface area contributed by atoms with E-state index in [9.17, 15) is 18.0 Å². The quantitative estimate of drug-likeness (QED) is 0.762. The van der Waals surface area contributed by atoms with Crippen LogP contribution in [-0.2, 0) is 25.8 Å². The van der Waals surface area contributed by atoms with Gasteiger partial charge in [-0.3, -0.25) is 9.59 Å². The van der Waals surface area contributed by atoms with Gasteiger partial charge in [0, 0.05) is 24.3 Å². The van der Waals surface area contributed by atoms with Gasteiger partial charge in [-0.15, -0.1) is 0 Å². The van der Waals surface area contributed by atoms with Gasteiger partial charge in [0.2, 0.25) is 11.8 Å². The summed E-state index contributed by atoms with van der Waals surface area (Å²) in [4.78, 5) is 24.2. The van der Waals surface area contributed by atoms with Crippen LogP contribution in [0.1, 0.15) is 33.0 Å². The number of carbonyl (C=O) groups excluding carboxylic acids is 2. The third-order valence-corrected chi connectivity index (χ3v) is 5.74. The van der Waals surface area contributed by atoms with Gasteiger partial charge < -0.3 is 15.2 Å². The number of aromatic nitrogens is 1. The number of halogens is 1. The molecular weight excluding hydrogens is 370 g/mol. The van der Waals surface area contributed by atoms with Crippen molar-refractivity contribution in [3.63, 3.8) is 0 Å². The van der Waals surface area contributed by atoms with Gasteiger partial charge in [0.05, 0.1) is 23.6 Å². The maximum absolute atomic E-state index is 12.1. The number of nitrogens with one attached hydrogen (secondary N) is 2. The Morgan fingerprint density at radius 2 is 1.88 bits per heavy atom. The van der Waals surface area contributed by atoms with Gasteiger partial charge in [-0.1, -0.05) is 37.5 Å². The standard InChI is InChI=1S/C15H22ClN3O5S/c1-15(2,3)14(21)18-11-8-25(22,23)7-10(11)17-13(20)5-4-9-6-12(16)19-24-9/h6,10-11H,4-5,7-8H2,1-3H3,(H,17,20)(H,18,21)/t10-,11+/m0/s1. The zero-order chi connectivity index (χ0) is 18.8. The van der Waals surface area contributed by atoms with Crippen LogP contribution in [0.2, 0.25) is 5.15 Å². The summed E-state index contributed by atoms with van der Waals surface area (Å²) in [7, 11) is -3.32. The molecule has 1 saturated heterocycles. The zero-order valence-electron chi connectivity index (χ0n) is 14.3. The molecule has 0 saturated carbocycles. The molecule has 1 aliphatic heterocycles. The molecule has 2 amide bonds. The highest BCUT2D eigenvalue weighted by molar-refractivity contribution is 7.91. The molecule has 140 valence electrons. The lowest BCUT2D eigenvalue weighted by atomic mass is 9.95. The van der Waals surface area contributed by atoms with Crippen LogP contribution >= 0.6 is 11.6 Å². The first-order valence-electron chi connectivity index (χ1n) is 7.88. The highest BCUT2D eigenvalue weighted by atomic mass is 35.5. The molecule has 0 radical (unpaired) electrons. The minimum atomic E-state index is -3.32. The molecule has 2 heterocycles. The highest BCUT2D eigenvalue weighted by Crippen LogP contribution is 2.18. The van der Waals surface area contributed by atoms with Crippen LogP contribution in [-0.4, -0.2) is 49.0 Å². The first-order chi connectivity index (χ1) is 11.5. The predicted molar refractivity (Wildman–Crippen MR) is 91.8 cm³/mol. The van der Waals surface area contributed by atoms with Gasteiger partial charge in [-0.25, -0.2) is 8.42 Å². The average molecular weight is 392 g/mol. The number of sulfone groups is 1. The number of hydrogen-bond acceptors (Lipinski definition) is 6. The third-order valence-electron chi connectivity index (χ3n) is 3.83. The number of aryl methyl sites for hydroxylation is 1. The molecule has 2 rings (SSSR count). The predicted octanol–water partition coefficient (Wildman–Crippen LogP) is 0.705. The van der Waals surface area contributed by atoms with E-state index in [1.54, 1.807) is 20.8 Å². The van der Waals surface area contributed by atoms with Crippen LogP contribution < -0.4 is 10.6 Å². The van der Waals surface area contributed by atoms with Crippen molar-refractivity contribution in [2.24, 2.45) is 5.41 Å². The van der Waals surface area contributed by atoms with Crippen molar-refractivity contribution in [3.05, 3.63) is 17.0 Å². The Balaban J connectivity index is 1.95. The maximum atomic E-state index is 12.1. The molecular formula is C15H22ClN3O5S. The lowest BCUT2D eigenvalue weighted by Crippen LogP contribution is -2.53. The van der Waals surface area contributed by atoms with Crippen molar-refractivity contribution in [2.45, 2.75) is 45.7 Å². The summed E-state index contributed by atoms with van der Waals surface area (Å²) in [5.41, 5.74) is -0.646. The van der Waals surface area contributed by atoms with Crippen molar-refractivity contribution in [1.82, 2.24) is 15.8 Å². The molecule has 0 unspecified atom stereocenters. The second-order valence-electron chi connectivity index (χ2n) is 7.20.